The molecule has 0 aliphatic carbocycles. The van der Waals surface area contributed by atoms with Crippen LogP contribution < -0.4 is 4.90 Å². The quantitative estimate of drug-likeness (QED) is 0.512. The molecule has 0 spiro atoms. The molecule has 158 valence electrons. The second-order valence-electron chi connectivity index (χ2n) is 7.88. The summed E-state index contributed by atoms with van der Waals surface area (Å²) in [5.74, 6) is -1.66. The molecule has 1 aliphatic heterocycles. The van der Waals surface area contributed by atoms with Crippen LogP contribution in [0.3, 0.4) is 0 Å². The van der Waals surface area contributed by atoms with Crippen molar-refractivity contribution >= 4 is 17.3 Å². The first-order valence-electron chi connectivity index (χ1n) is 10.1. The minimum Gasteiger partial charge on any atom is -0.361 e. The van der Waals surface area contributed by atoms with Gasteiger partial charge in [-0.05, 0) is 48.4 Å². The Morgan fingerprint density at radius 2 is 1.77 bits per heavy atom. The second-order valence-corrected chi connectivity index (χ2v) is 8.29. The molecule has 0 aromatic heterocycles. The van der Waals surface area contributed by atoms with Gasteiger partial charge in [-0.3, -0.25) is 4.90 Å². The van der Waals surface area contributed by atoms with Crippen molar-refractivity contribution in [1.29, 1.82) is 5.26 Å². The zero-order valence-electron chi connectivity index (χ0n) is 17.2. The van der Waals surface area contributed by atoms with Crippen LogP contribution in [0.15, 0.2) is 60.7 Å². The van der Waals surface area contributed by atoms with E-state index in [1.807, 2.05) is 6.07 Å². The van der Waals surface area contributed by atoms with Crippen LogP contribution in [-0.4, -0.2) is 24.5 Å². The standard InChI is InChI=1S/C25H22ClF2N3/c1-17-2-6-20(7-3-17)25-16-30(15-19-4-8-22(27)23(28)13-19)10-11-31(25)24-9-5-18(14-29)12-21(24)26/h2-9,12-13,25H,10-11,15-16H2,1H3. The number of benzene rings is 3. The van der Waals surface area contributed by atoms with Gasteiger partial charge in [0.15, 0.2) is 11.6 Å². The molecule has 0 bridgehead atoms. The average Bonchev–Trinajstić information content (AvgIpc) is 2.77. The Labute approximate surface area is 186 Å². The lowest BCUT2D eigenvalue weighted by Gasteiger charge is -2.43. The molecule has 0 radical (unpaired) electrons. The van der Waals surface area contributed by atoms with Crippen LogP contribution in [0.5, 0.6) is 0 Å². The summed E-state index contributed by atoms with van der Waals surface area (Å²) in [5.41, 5.74) is 4.49. The number of rotatable bonds is 4. The number of hydrogen-bond donors (Lipinski definition) is 0. The predicted octanol–water partition coefficient (Wildman–Crippen LogP) is 5.86. The molecule has 1 atom stereocenters. The van der Waals surface area contributed by atoms with Crippen molar-refractivity contribution in [3.63, 3.8) is 0 Å². The van der Waals surface area contributed by atoms with E-state index >= 15 is 0 Å². The second kappa shape index (κ2) is 9.05. The molecule has 0 amide bonds. The highest BCUT2D eigenvalue weighted by Gasteiger charge is 2.30. The first-order chi connectivity index (χ1) is 14.9. The Morgan fingerprint density at radius 3 is 2.45 bits per heavy atom. The molecule has 3 nitrogen and oxygen atoms in total. The van der Waals surface area contributed by atoms with Gasteiger partial charge in [0.1, 0.15) is 0 Å². The van der Waals surface area contributed by atoms with E-state index < -0.39 is 11.6 Å². The smallest absolute Gasteiger partial charge is 0.159 e. The first kappa shape index (κ1) is 21.3. The highest BCUT2D eigenvalue weighted by Crippen LogP contribution is 2.36. The first-order valence-corrected chi connectivity index (χ1v) is 10.5. The number of nitrogens with zero attached hydrogens (tertiary/aromatic N) is 3. The Kier molecular flexibility index (Phi) is 6.22. The van der Waals surface area contributed by atoms with Gasteiger partial charge in [0.2, 0.25) is 0 Å². The van der Waals surface area contributed by atoms with E-state index in [0.29, 0.717) is 30.2 Å². The van der Waals surface area contributed by atoms with Crippen molar-refractivity contribution in [3.8, 4) is 6.07 Å². The topological polar surface area (TPSA) is 30.3 Å². The molecule has 4 rings (SSSR count). The normalized spacial score (nSPS) is 16.9. The third-order valence-corrected chi connectivity index (χ3v) is 6.01. The van der Waals surface area contributed by atoms with E-state index in [0.717, 1.165) is 23.4 Å². The average molecular weight is 438 g/mol. The van der Waals surface area contributed by atoms with Gasteiger partial charge in [0.25, 0.3) is 0 Å². The van der Waals surface area contributed by atoms with Crippen LogP contribution >= 0.6 is 11.6 Å². The zero-order chi connectivity index (χ0) is 22.0. The third kappa shape index (κ3) is 4.71. The lowest BCUT2D eigenvalue weighted by atomic mass is 9.99. The van der Waals surface area contributed by atoms with Crippen LogP contribution in [0.4, 0.5) is 14.5 Å². The summed E-state index contributed by atoms with van der Waals surface area (Å²) in [6.07, 6.45) is 0. The van der Waals surface area contributed by atoms with Gasteiger partial charge in [-0.1, -0.05) is 47.5 Å². The van der Waals surface area contributed by atoms with E-state index in [4.69, 9.17) is 16.9 Å². The molecule has 31 heavy (non-hydrogen) atoms. The van der Waals surface area contributed by atoms with E-state index in [1.54, 1.807) is 18.2 Å². The lowest BCUT2D eigenvalue weighted by Crippen LogP contribution is -2.48. The van der Waals surface area contributed by atoms with Gasteiger partial charge < -0.3 is 4.90 Å². The Morgan fingerprint density at radius 1 is 1.00 bits per heavy atom. The minimum atomic E-state index is -0.832. The van der Waals surface area contributed by atoms with E-state index in [9.17, 15) is 8.78 Å². The van der Waals surface area contributed by atoms with Crippen molar-refractivity contribution in [2.75, 3.05) is 24.5 Å². The maximum atomic E-state index is 13.7. The van der Waals surface area contributed by atoms with E-state index in [1.165, 1.54) is 17.7 Å². The van der Waals surface area contributed by atoms with E-state index in [2.05, 4.69) is 47.1 Å². The van der Waals surface area contributed by atoms with Crippen molar-refractivity contribution in [1.82, 2.24) is 4.90 Å². The van der Waals surface area contributed by atoms with Gasteiger partial charge >= 0.3 is 0 Å². The fourth-order valence-electron chi connectivity index (χ4n) is 4.05. The largest absolute Gasteiger partial charge is 0.361 e. The number of hydrogen-bond acceptors (Lipinski definition) is 3. The highest BCUT2D eigenvalue weighted by molar-refractivity contribution is 6.33. The summed E-state index contributed by atoms with van der Waals surface area (Å²) < 4.78 is 27.0. The van der Waals surface area contributed by atoms with Gasteiger partial charge in [-0.25, -0.2) is 8.78 Å². The summed E-state index contributed by atoms with van der Waals surface area (Å²) in [7, 11) is 0. The Hall–Kier alpha value is -2.94. The van der Waals surface area contributed by atoms with Gasteiger partial charge in [0.05, 0.1) is 28.4 Å². The molecule has 1 aliphatic rings. The molecule has 3 aromatic carbocycles. The number of halogens is 3. The van der Waals surface area contributed by atoms with Crippen LogP contribution in [0, 0.1) is 29.9 Å². The number of anilines is 1. The number of aryl methyl sites for hydroxylation is 1. The monoisotopic (exact) mass is 437 g/mol. The number of piperazine rings is 1. The summed E-state index contributed by atoms with van der Waals surface area (Å²) in [4.78, 5) is 4.50. The van der Waals surface area contributed by atoms with Gasteiger partial charge in [0, 0.05) is 26.2 Å². The molecular formula is C25H22ClF2N3. The molecular weight excluding hydrogens is 416 g/mol. The van der Waals surface area contributed by atoms with Gasteiger partial charge in [-0.15, -0.1) is 0 Å². The van der Waals surface area contributed by atoms with Gasteiger partial charge in [-0.2, -0.15) is 5.26 Å². The Bertz CT molecular complexity index is 1120. The minimum absolute atomic E-state index is 0.0325. The molecule has 1 unspecified atom stereocenters. The van der Waals surface area contributed by atoms with Crippen molar-refractivity contribution in [2.45, 2.75) is 19.5 Å². The fraction of sp³-hybridized carbons (Fsp3) is 0.240. The van der Waals surface area contributed by atoms with Crippen LogP contribution in [-0.2, 0) is 6.54 Å². The van der Waals surface area contributed by atoms with E-state index in [-0.39, 0.29) is 6.04 Å². The van der Waals surface area contributed by atoms with Crippen LogP contribution in [0.2, 0.25) is 5.02 Å². The maximum Gasteiger partial charge on any atom is 0.159 e. The molecule has 1 saturated heterocycles. The maximum absolute atomic E-state index is 13.7. The lowest BCUT2D eigenvalue weighted by molar-refractivity contribution is 0.215. The SMILES string of the molecule is Cc1ccc(C2CN(Cc3ccc(F)c(F)c3)CCN2c2ccc(C#N)cc2Cl)cc1. The van der Waals surface area contributed by atoms with Crippen LogP contribution in [0.1, 0.15) is 28.3 Å². The summed E-state index contributed by atoms with van der Waals surface area (Å²) in [5, 5.41) is 9.70. The van der Waals surface area contributed by atoms with Crippen molar-refractivity contribution < 1.29 is 8.78 Å². The molecule has 0 saturated carbocycles. The molecule has 1 heterocycles. The highest BCUT2D eigenvalue weighted by atomic mass is 35.5. The third-order valence-electron chi connectivity index (χ3n) is 5.70. The number of nitriles is 1. The predicted molar refractivity (Wildman–Crippen MR) is 119 cm³/mol. The van der Waals surface area contributed by atoms with Crippen LogP contribution in [0.25, 0.3) is 0 Å². The fourth-order valence-corrected chi connectivity index (χ4v) is 4.34. The molecule has 0 N–H and O–H groups in total. The molecule has 1 fully saturated rings. The molecule has 6 heteroatoms. The zero-order valence-corrected chi connectivity index (χ0v) is 17.9. The summed E-state index contributed by atoms with van der Waals surface area (Å²) in [6.45, 7) is 4.76. The molecule has 3 aromatic rings. The Balaban J connectivity index is 1.63. The summed E-state index contributed by atoms with van der Waals surface area (Å²) >= 11 is 6.53. The summed E-state index contributed by atoms with van der Waals surface area (Å²) in [6, 6.07) is 20.0. The van der Waals surface area contributed by atoms with Crippen molar-refractivity contribution in [2.24, 2.45) is 0 Å². The van der Waals surface area contributed by atoms with Crippen molar-refractivity contribution in [3.05, 3.63) is 99.6 Å².